The molecule has 2 heterocycles. The average Bonchev–Trinajstić information content (AvgIpc) is 2.85. The number of hydrogen-bond acceptors (Lipinski definition) is 5. The van der Waals surface area contributed by atoms with Crippen molar-refractivity contribution in [1.82, 2.24) is 20.4 Å². The van der Waals surface area contributed by atoms with Crippen LogP contribution in [0.1, 0.15) is 12.1 Å². The van der Waals surface area contributed by atoms with E-state index in [9.17, 15) is 0 Å². The van der Waals surface area contributed by atoms with Crippen molar-refractivity contribution < 1.29 is 4.74 Å². The Hall–Kier alpha value is -0.980. The summed E-state index contributed by atoms with van der Waals surface area (Å²) in [6.45, 7) is 1.62. The van der Waals surface area contributed by atoms with E-state index in [4.69, 9.17) is 10.6 Å². The molecule has 0 aromatic carbocycles. The zero-order chi connectivity index (χ0) is 10.7. The van der Waals surface area contributed by atoms with E-state index in [2.05, 4.69) is 15.7 Å². The van der Waals surface area contributed by atoms with Crippen molar-refractivity contribution in [2.45, 2.75) is 18.9 Å². The Kier molecular flexibility index (Phi) is 3.30. The van der Waals surface area contributed by atoms with Gasteiger partial charge in [0, 0.05) is 38.2 Å². The van der Waals surface area contributed by atoms with Crippen molar-refractivity contribution in [3.8, 4) is 0 Å². The molecule has 0 spiro atoms. The summed E-state index contributed by atoms with van der Waals surface area (Å²) in [6, 6.07) is 0.226. The Balaban J connectivity index is 1.95. The number of ether oxygens (including phenoxy) is 1. The van der Waals surface area contributed by atoms with Gasteiger partial charge in [0.25, 0.3) is 0 Å². The lowest BCUT2D eigenvalue weighted by atomic mass is 9.96. The molecular weight excluding hydrogens is 194 g/mol. The zero-order valence-electron chi connectivity index (χ0n) is 8.89. The van der Waals surface area contributed by atoms with E-state index in [1.165, 1.54) is 0 Å². The van der Waals surface area contributed by atoms with Gasteiger partial charge in [-0.05, 0) is 6.42 Å². The molecule has 1 aromatic heterocycles. The summed E-state index contributed by atoms with van der Waals surface area (Å²) in [5.41, 5.74) is 3.81. The van der Waals surface area contributed by atoms with Crippen molar-refractivity contribution in [3.63, 3.8) is 0 Å². The van der Waals surface area contributed by atoms with Gasteiger partial charge in [0.05, 0.1) is 12.3 Å². The normalized spacial score (nSPS) is 23.2. The first kappa shape index (κ1) is 10.5. The van der Waals surface area contributed by atoms with E-state index >= 15 is 0 Å². The number of hydrazine groups is 1. The minimum absolute atomic E-state index is 0.226. The van der Waals surface area contributed by atoms with E-state index in [0.717, 1.165) is 31.7 Å². The van der Waals surface area contributed by atoms with Crippen LogP contribution in [0, 0.1) is 5.92 Å². The van der Waals surface area contributed by atoms with Crippen LogP contribution >= 0.6 is 0 Å². The zero-order valence-corrected chi connectivity index (χ0v) is 8.89. The quantitative estimate of drug-likeness (QED) is 0.505. The van der Waals surface area contributed by atoms with Gasteiger partial charge in [-0.1, -0.05) is 5.21 Å². The predicted octanol–water partition coefficient (Wildman–Crippen LogP) is -0.774. The minimum Gasteiger partial charge on any atom is -0.381 e. The van der Waals surface area contributed by atoms with Gasteiger partial charge < -0.3 is 4.74 Å². The fourth-order valence-electron chi connectivity index (χ4n) is 1.95. The Morgan fingerprint density at radius 2 is 2.67 bits per heavy atom. The highest BCUT2D eigenvalue weighted by molar-refractivity contribution is 4.97. The van der Waals surface area contributed by atoms with Crippen LogP contribution in [0.3, 0.4) is 0 Å². The van der Waals surface area contributed by atoms with E-state index in [-0.39, 0.29) is 6.04 Å². The highest BCUT2D eigenvalue weighted by atomic mass is 16.5. The molecule has 0 aliphatic carbocycles. The Bertz CT molecular complexity index is 307. The van der Waals surface area contributed by atoms with E-state index in [1.54, 1.807) is 4.68 Å². The smallest absolute Gasteiger partial charge is 0.0843 e. The van der Waals surface area contributed by atoms with E-state index in [1.807, 2.05) is 13.2 Å². The number of aromatic nitrogens is 3. The van der Waals surface area contributed by atoms with Gasteiger partial charge in [-0.3, -0.25) is 16.0 Å². The molecule has 2 unspecified atom stereocenters. The van der Waals surface area contributed by atoms with Gasteiger partial charge in [0.1, 0.15) is 0 Å². The van der Waals surface area contributed by atoms with Gasteiger partial charge >= 0.3 is 0 Å². The molecular formula is C9H17N5O. The third-order valence-electron chi connectivity index (χ3n) is 2.83. The molecule has 0 bridgehead atoms. The number of nitrogens with zero attached hydrogens (tertiary/aromatic N) is 3. The maximum atomic E-state index is 5.55. The number of rotatable bonds is 4. The topological polar surface area (TPSA) is 78.0 Å². The molecule has 6 heteroatoms. The lowest BCUT2D eigenvalue weighted by Gasteiger charge is -2.19. The number of aryl methyl sites for hydroxylation is 1. The molecule has 0 saturated carbocycles. The second-order valence-electron chi connectivity index (χ2n) is 3.98. The molecule has 1 aliphatic rings. The molecule has 1 fully saturated rings. The SMILES string of the molecule is Cn1cc(CC(NN)C2CCOC2)nn1. The number of nitrogens with one attached hydrogen (secondary N) is 1. The van der Waals surface area contributed by atoms with Gasteiger partial charge in [-0.25, -0.2) is 0 Å². The molecule has 84 valence electrons. The van der Waals surface area contributed by atoms with Gasteiger partial charge in [0.15, 0.2) is 0 Å². The highest BCUT2D eigenvalue weighted by Gasteiger charge is 2.25. The summed E-state index contributed by atoms with van der Waals surface area (Å²) in [5, 5.41) is 7.95. The van der Waals surface area contributed by atoms with Crippen LogP contribution in [0.25, 0.3) is 0 Å². The average molecular weight is 211 g/mol. The summed E-state index contributed by atoms with van der Waals surface area (Å²) in [7, 11) is 1.86. The Labute approximate surface area is 88.7 Å². The predicted molar refractivity (Wildman–Crippen MR) is 54.7 cm³/mol. The molecule has 2 rings (SSSR count). The molecule has 0 radical (unpaired) electrons. The van der Waals surface area contributed by atoms with Crippen LogP contribution in [0.15, 0.2) is 6.20 Å². The van der Waals surface area contributed by atoms with Crippen molar-refractivity contribution in [2.75, 3.05) is 13.2 Å². The summed E-state index contributed by atoms with van der Waals surface area (Å²) in [4.78, 5) is 0. The molecule has 2 atom stereocenters. The maximum absolute atomic E-state index is 5.55. The maximum Gasteiger partial charge on any atom is 0.0843 e. The van der Waals surface area contributed by atoms with Crippen LogP contribution in [0.2, 0.25) is 0 Å². The molecule has 3 N–H and O–H groups in total. The van der Waals surface area contributed by atoms with Crippen molar-refractivity contribution in [3.05, 3.63) is 11.9 Å². The van der Waals surface area contributed by atoms with Crippen LogP contribution in [0.5, 0.6) is 0 Å². The number of hydrogen-bond donors (Lipinski definition) is 2. The summed E-state index contributed by atoms with van der Waals surface area (Å²) in [5.74, 6) is 6.03. The lowest BCUT2D eigenvalue weighted by Crippen LogP contribution is -2.42. The fraction of sp³-hybridized carbons (Fsp3) is 0.778. The summed E-state index contributed by atoms with van der Waals surface area (Å²) in [6.07, 6.45) is 3.79. The molecule has 1 aliphatic heterocycles. The van der Waals surface area contributed by atoms with Crippen LogP contribution in [-0.2, 0) is 18.2 Å². The van der Waals surface area contributed by atoms with Crippen LogP contribution < -0.4 is 11.3 Å². The first-order valence-corrected chi connectivity index (χ1v) is 5.18. The molecule has 6 nitrogen and oxygen atoms in total. The molecule has 0 amide bonds. The highest BCUT2D eigenvalue weighted by Crippen LogP contribution is 2.18. The molecule has 1 saturated heterocycles. The standard InChI is InChI=1S/C9H17N5O/c1-14-5-8(12-13-14)4-9(11-10)7-2-3-15-6-7/h5,7,9,11H,2-4,6,10H2,1H3. The summed E-state index contributed by atoms with van der Waals surface area (Å²) >= 11 is 0. The fourth-order valence-corrected chi connectivity index (χ4v) is 1.95. The Morgan fingerprint density at radius 1 is 1.80 bits per heavy atom. The lowest BCUT2D eigenvalue weighted by molar-refractivity contribution is 0.176. The van der Waals surface area contributed by atoms with Crippen LogP contribution in [-0.4, -0.2) is 34.2 Å². The second kappa shape index (κ2) is 4.69. The third-order valence-corrected chi connectivity index (χ3v) is 2.83. The van der Waals surface area contributed by atoms with E-state index in [0.29, 0.717) is 5.92 Å². The van der Waals surface area contributed by atoms with Gasteiger partial charge in [-0.15, -0.1) is 5.10 Å². The van der Waals surface area contributed by atoms with E-state index < -0.39 is 0 Å². The van der Waals surface area contributed by atoms with Crippen molar-refractivity contribution in [1.29, 1.82) is 0 Å². The summed E-state index contributed by atoms with van der Waals surface area (Å²) < 4.78 is 7.05. The van der Waals surface area contributed by atoms with Crippen LogP contribution in [0.4, 0.5) is 0 Å². The third kappa shape index (κ3) is 2.53. The van der Waals surface area contributed by atoms with Gasteiger partial charge in [0.2, 0.25) is 0 Å². The Morgan fingerprint density at radius 3 is 3.20 bits per heavy atom. The minimum atomic E-state index is 0.226. The largest absolute Gasteiger partial charge is 0.381 e. The first-order valence-electron chi connectivity index (χ1n) is 5.18. The monoisotopic (exact) mass is 211 g/mol. The molecule has 1 aromatic rings. The first-order chi connectivity index (χ1) is 7.29. The van der Waals surface area contributed by atoms with Crippen molar-refractivity contribution >= 4 is 0 Å². The van der Waals surface area contributed by atoms with Crippen molar-refractivity contribution in [2.24, 2.45) is 18.8 Å². The molecule has 15 heavy (non-hydrogen) atoms. The number of nitrogens with two attached hydrogens (primary N) is 1. The van der Waals surface area contributed by atoms with Gasteiger partial charge in [-0.2, -0.15) is 0 Å². The second-order valence-corrected chi connectivity index (χ2v) is 3.98.